The Labute approximate surface area is 200 Å². The molecule has 1 aliphatic rings. The van der Waals surface area contributed by atoms with Crippen molar-refractivity contribution in [1.82, 2.24) is 9.78 Å². The number of hydrogen-bond acceptors (Lipinski definition) is 6. The highest BCUT2D eigenvalue weighted by Crippen LogP contribution is 2.34. The number of fused-ring (bicyclic) bond motifs is 2. The Hall–Kier alpha value is -3.91. The molecule has 0 saturated carbocycles. The number of carbonyl (C=O) groups is 2. The molecule has 4 aromatic rings. The van der Waals surface area contributed by atoms with Gasteiger partial charge in [-0.15, -0.1) is 11.8 Å². The molecule has 0 N–H and O–H groups in total. The first-order valence-corrected chi connectivity index (χ1v) is 11.8. The molecular formula is C26H21N3O4S. The number of carbonyl (C=O) groups excluding carboxylic acids is 2. The van der Waals surface area contributed by atoms with Gasteiger partial charge in [-0.1, -0.05) is 60.7 Å². The number of amides is 1. The Morgan fingerprint density at radius 1 is 0.912 bits per heavy atom. The summed E-state index contributed by atoms with van der Waals surface area (Å²) in [6.45, 7) is 0.346. The molecule has 0 saturated heterocycles. The smallest absolute Gasteiger partial charge is 0.359 e. The SMILES string of the molecule is O=C(OCC(=O)N1CCSc2ccccc21)c1nn(Cc2ccccc2)c(=O)c2ccccc12. The molecule has 0 radical (unpaired) electrons. The zero-order valence-corrected chi connectivity index (χ0v) is 19.0. The number of hydrogen-bond donors (Lipinski definition) is 0. The van der Waals surface area contributed by atoms with Gasteiger partial charge in [0.2, 0.25) is 0 Å². The minimum atomic E-state index is -0.744. The molecule has 5 rings (SSSR count). The number of benzene rings is 3. The number of ether oxygens (including phenoxy) is 1. The van der Waals surface area contributed by atoms with Gasteiger partial charge in [0, 0.05) is 22.6 Å². The number of thioether (sulfide) groups is 1. The van der Waals surface area contributed by atoms with Crippen molar-refractivity contribution in [3.8, 4) is 0 Å². The topological polar surface area (TPSA) is 81.5 Å². The fraction of sp³-hybridized carbons (Fsp3) is 0.154. The quantitative estimate of drug-likeness (QED) is 0.413. The molecule has 0 fully saturated rings. The van der Waals surface area contributed by atoms with Gasteiger partial charge in [0.1, 0.15) is 0 Å². The van der Waals surface area contributed by atoms with Crippen molar-refractivity contribution in [2.75, 3.05) is 23.8 Å². The van der Waals surface area contributed by atoms with E-state index in [2.05, 4.69) is 5.10 Å². The molecule has 3 aromatic carbocycles. The van der Waals surface area contributed by atoms with Crippen molar-refractivity contribution < 1.29 is 14.3 Å². The highest BCUT2D eigenvalue weighted by molar-refractivity contribution is 7.99. The predicted molar refractivity (Wildman–Crippen MR) is 131 cm³/mol. The van der Waals surface area contributed by atoms with E-state index in [1.165, 1.54) is 4.68 Å². The van der Waals surface area contributed by atoms with E-state index in [1.54, 1.807) is 40.9 Å². The molecule has 2 heterocycles. The van der Waals surface area contributed by atoms with E-state index in [1.807, 2.05) is 54.6 Å². The first-order chi connectivity index (χ1) is 16.6. The zero-order chi connectivity index (χ0) is 23.5. The molecule has 170 valence electrons. The van der Waals surface area contributed by atoms with Crippen LogP contribution in [0.2, 0.25) is 0 Å². The van der Waals surface area contributed by atoms with Crippen LogP contribution in [0.5, 0.6) is 0 Å². The van der Waals surface area contributed by atoms with Crippen LogP contribution in [-0.4, -0.2) is 40.6 Å². The highest BCUT2D eigenvalue weighted by atomic mass is 32.2. The van der Waals surface area contributed by atoms with Crippen molar-refractivity contribution in [2.45, 2.75) is 11.4 Å². The number of aromatic nitrogens is 2. The largest absolute Gasteiger partial charge is 0.451 e. The highest BCUT2D eigenvalue weighted by Gasteiger charge is 2.25. The average molecular weight is 472 g/mol. The first-order valence-electron chi connectivity index (χ1n) is 10.8. The van der Waals surface area contributed by atoms with Gasteiger partial charge in [-0.2, -0.15) is 5.10 Å². The summed E-state index contributed by atoms with van der Waals surface area (Å²) in [6, 6.07) is 23.9. The van der Waals surface area contributed by atoms with Crippen LogP contribution >= 0.6 is 11.8 Å². The standard InChI is InChI=1S/C26H21N3O4S/c30-23(28-14-15-34-22-13-7-6-12-21(22)28)17-33-26(32)24-19-10-4-5-11-20(19)25(31)29(27-24)16-18-8-2-1-3-9-18/h1-13H,14-17H2. The summed E-state index contributed by atoms with van der Waals surface area (Å²) in [6.07, 6.45) is 0. The maximum atomic E-state index is 13.0. The maximum Gasteiger partial charge on any atom is 0.359 e. The fourth-order valence-corrected chi connectivity index (χ4v) is 4.95. The van der Waals surface area contributed by atoms with Gasteiger partial charge in [0.15, 0.2) is 12.3 Å². The molecule has 0 spiro atoms. The summed E-state index contributed by atoms with van der Waals surface area (Å²) in [5, 5.41) is 5.09. The Morgan fingerprint density at radius 3 is 2.44 bits per heavy atom. The van der Waals surface area contributed by atoms with Crippen LogP contribution in [0, 0.1) is 0 Å². The first kappa shape index (κ1) is 21.9. The van der Waals surface area contributed by atoms with Crippen molar-refractivity contribution in [1.29, 1.82) is 0 Å². The average Bonchev–Trinajstić information content (AvgIpc) is 2.89. The molecule has 1 aromatic heterocycles. The number of esters is 1. The van der Waals surface area contributed by atoms with Crippen LogP contribution in [0.3, 0.4) is 0 Å². The second-order valence-electron chi connectivity index (χ2n) is 7.78. The third-order valence-electron chi connectivity index (χ3n) is 5.59. The van der Waals surface area contributed by atoms with Gasteiger partial charge in [-0.05, 0) is 23.8 Å². The number of anilines is 1. The third kappa shape index (κ3) is 4.32. The van der Waals surface area contributed by atoms with Crippen LogP contribution in [0.25, 0.3) is 10.8 Å². The van der Waals surface area contributed by atoms with E-state index < -0.39 is 12.6 Å². The van der Waals surface area contributed by atoms with E-state index in [-0.39, 0.29) is 23.7 Å². The molecule has 0 unspecified atom stereocenters. The van der Waals surface area contributed by atoms with E-state index in [4.69, 9.17) is 4.74 Å². The van der Waals surface area contributed by atoms with E-state index in [9.17, 15) is 14.4 Å². The van der Waals surface area contributed by atoms with Crippen molar-refractivity contribution in [2.24, 2.45) is 0 Å². The second kappa shape index (κ2) is 9.52. The van der Waals surface area contributed by atoms with E-state index >= 15 is 0 Å². The van der Waals surface area contributed by atoms with Gasteiger partial charge in [0.25, 0.3) is 11.5 Å². The van der Waals surface area contributed by atoms with Gasteiger partial charge < -0.3 is 9.64 Å². The summed E-state index contributed by atoms with van der Waals surface area (Å²) in [4.78, 5) is 41.6. The minimum absolute atomic E-state index is 0.00790. The molecule has 0 bridgehead atoms. The lowest BCUT2D eigenvalue weighted by Gasteiger charge is -2.28. The van der Waals surface area contributed by atoms with Crippen molar-refractivity contribution in [3.63, 3.8) is 0 Å². The summed E-state index contributed by atoms with van der Waals surface area (Å²) >= 11 is 1.69. The van der Waals surface area contributed by atoms with Gasteiger partial charge in [-0.3, -0.25) is 9.59 Å². The second-order valence-corrected chi connectivity index (χ2v) is 8.92. The normalized spacial score (nSPS) is 12.9. The van der Waals surface area contributed by atoms with Crippen LogP contribution in [-0.2, 0) is 16.1 Å². The summed E-state index contributed by atoms with van der Waals surface area (Å²) in [7, 11) is 0. The van der Waals surface area contributed by atoms with Gasteiger partial charge >= 0.3 is 5.97 Å². The Morgan fingerprint density at radius 2 is 1.62 bits per heavy atom. The minimum Gasteiger partial charge on any atom is -0.451 e. The molecule has 0 atom stereocenters. The lowest BCUT2D eigenvalue weighted by molar-refractivity contribution is -0.121. The van der Waals surface area contributed by atoms with Crippen molar-refractivity contribution in [3.05, 3.63) is 100 Å². The van der Waals surface area contributed by atoms with Crippen LogP contribution in [0.15, 0.2) is 88.6 Å². The van der Waals surface area contributed by atoms with Gasteiger partial charge in [0.05, 0.1) is 17.6 Å². The number of nitrogens with zero attached hydrogens (tertiary/aromatic N) is 3. The van der Waals surface area contributed by atoms with E-state index in [0.29, 0.717) is 17.3 Å². The molecule has 34 heavy (non-hydrogen) atoms. The van der Waals surface area contributed by atoms with Crippen LogP contribution < -0.4 is 10.5 Å². The predicted octanol–water partition coefficient (Wildman–Crippen LogP) is 3.74. The number of para-hydroxylation sites is 1. The molecular weight excluding hydrogens is 450 g/mol. The van der Waals surface area contributed by atoms with Crippen molar-refractivity contribution >= 4 is 40.1 Å². The number of rotatable bonds is 5. The Kier molecular flexibility index (Phi) is 6.14. The lowest BCUT2D eigenvalue weighted by Crippen LogP contribution is -2.38. The Balaban J connectivity index is 1.40. The van der Waals surface area contributed by atoms with Gasteiger partial charge in [-0.25, -0.2) is 9.48 Å². The maximum absolute atomic E-state index is 13.0. The van der Waals surface area contributed by atoms with Crippen LogP contribution in [0.4, 0.5) is 5.69 Å². The summed E-state index contributed by atoms with van der Waals surface area (Å²) in [5.41, 5.74) is 1.41. The lowest BCUT2D eigenvalue weighted by atomic mass is 10.1. The molecule has 7 nitrogen and oxygen atoms in total. The fourth-order valence-electron chi connectivity index (χ4n) is 3.95. The van der Waals surface area contributed by atoms with Crippen LogP contribution in [0.1, 0.15) is 16.1 Å². The Bertz CT molecular complexity index is 1440. The molecule has 8 heteroatoms. The summed E-state index contributed by atoms with van der Waals surface area (Å²) in [5.74, 6) is -0.276. The molecule has 1 aliphatic heterocycles. The van der Waals surface area contributed by atoms with E-state index in [0.717, 1.165) is 21.9 Å². The molecule has 1 amide bonds. The summed E-state index contributed by atoms with van der Waals surface area (Å²) < 4.78 is 6.65. The third-order valence-corrected chi connectivity index (χ3v) is 6.64. The monoisotopic (exact) mass is 471 g/mol. The molecule has 0 aliphatic carbocycles. The zero-order valence-electron chi connectivity index (χ0n) is 18.2.